The summed E-state index contributed by atoms with van der Waals surface area (Å²) in [4.78, 5) is 16.2. The Balaban J connectivity index is 1.60. The summed E-state index contributed by atoms with van der Waals surface area (Å²) in [6, 6.07) is 10.5. The number of benzene rings is 1. The van der Waals surface area contributed by atoms with E-state index in [1.807, 2.05) is 26.8 Å². The van der Waals surface area contributed by atoms with Crippen molar-refractivity contribution < 1.29 is 9.53 Å². The van der Waals surface area contributed by atoms with Crippen molar-refractivity contribution in [2.75, 3.05) is 39.3 Å². The molecule has 7 heteroatoms. The highest BCUT2D eigenvalue weighted by molar-refractivity contribution is 7.80. The van der Waals surface area contributed by atoms with Gasteiger partial charge in [0, 0.05) is 45.8 Å². The van der Waals surface area contributed by atoms with Gasteiger partial charge in [-0.05, 0) is 38.6 Å². The summed E-state index contributed by atoms with van der Waals surface area (Å²) in [5.41, 5.74) is 0.863. The van der Waals surface area contributed by atoms with Crippen LogP contribution in [0, 0.1) is 0 Å². The Bertz CT molecular complexity index is 581. The molecule has 6 nitrogen and oxygen atoms in total. The van der Waals surface area contributed by atoms with E-state index in [0.29, 0.717) is 13.1 Å². The maximum Gasteiger partial charge on any atom is 0.407 e. The van der Waals surface area contributed by atoms with Gasteiger partial charge in [-0.3, -0.25) is 4.90 Å². The number of hydrogen-bond donors (Lipinski definition) is 2. The van der Waals surface area contributed by atoms with E-state index in [4.69, 9.17) is 17.0 Å². The molecular weight excluding hydrogens is 348 g/mol. The lowest BCUT2D eigenvalue weighted by Crippen LogP contribution is -2.52. The van der Waals surface area contributed by atoms with Gasteiger partial charge in [0.2, 0.25) is 0 Å². The average Bonchev–Trinajstić information content (AvgIpc) is 2.58. The summed E-state index contributed by atoms with van der Waals surface area (Å²) in [6.07, 6.45) is -0.403. The second kappa shape index (κ2) is 9.73. The van der Waals surface area contributed by atoms with Gasteiger partial charge >= 0.3 is 6.09 Å². The molecule has 0 spiro atoms. The fraction of sp³-hybridized carbons (Fsp3) is 0.579. The van der Waals surface area contributed by atoms with E-state index in [1.165, 1.54) is 5.56 Å². The number of ether oxygens (including phenoxy) is 1. The number of thiocarbonyl (C=S) groups is 1. The van der Waals surface area contributed by atoms with Crippen LogP contribution < -0.4 is 10.6 Å². The van der Waals surface area contributed by atoms with Crippen molar-refractivity contribution in [1.29, 1.82) is 0 Å². The number of carbonyl (C=O) groups excluding carboxylic acids is 1. The lowest BCUT2D eigenvalue weighted by atomic mass is 10.2. The van der Waals surface area contributed by atoms with E-state index < -0.39 is 11.7 Å². The third kappa shape index (κ3) is 7.58. The van der Waals surface area contributed by atoms with Gasteiger partial charge in [0.15, 0.2) is 5.11 Å². The molecule has 0 saturated carbocycles. The SMILES string of the molecule is CC(C)(C)OC(=O)NCCNC(=S)N1CCN(Cc2ccccc2)CC1. The summed E-state index contributed by atoms with van der Waals surface area (Å²) in [5.74, 6) is 0. The van der Waals surface area contributed by atoms with Gasteiger partial charge in [-0.2, -0.15) is 0 Å². The van der Waals surface area contributed by atoms with Crippen LogP contribution in [-0.2, 0) is 11.3 Å². The zero-order chi connectivity index (χ0) is 19.0. The third-order valence-electron chi connectivity index (χ3n) is 3.98. The molecule has 1 aromatic carbocycles. The molecule has 0 unspecified atom stereocenters. The highest BCUT2D eigenvalue weighted by Crippen LogP contribution is 2.08. The molecule has 1 aromatic rings. The van der Waals surface area contributed by atoms with Crippen LogP contribution in [-0.4, -0.2) is 65.9 Å². The molecule has 1 aliphatic heterocycles. The van der Waals surface area contributed by atoms with Gasteiger partial charge in [0.05, 0.1) is 0 Å². The van der Waals surface area contributed by atoms with Crippen molar-refractivity contribution >= 4 is 23.4 Å². The second-order valence-electron chi connectivity index (χ2n) is 7.41. The molecule has 1 fully saturated rings. The Morgan fingerprint density at radius 3 is 2.31 bits per heavy atom. The van der Waals surface area contributed by atoms with Crippen molar-refractivity contribution in [2.24, 2.45) is 0 Å². The fourth-order valence-corrected chi connectivity index (χ4v) is 3.00. The maximum absolute atomic E-state index is 11.6. The number of amides is 1. The molecule has 0 radical (unpaired) electrons. The molecule has 1 aliphatic rings. The highest BCUT2D eigenvalue weighted by Gasteiger charge is 2.19. The Morgan fingerprint density at radius 2 is 1.69 bits per heavy atom. The van der Waals surface area contributed by atoms with Crippen LogP contribution >= 0.6 is 12.2 Å². The van der Waals surface area contributed by atoms with Gasteiger partial charge in [0.25, 0.3) is 0 Å². The Morgan fingerprint density at radius 1 is 1.08 bits per heavy atom. The molecule has 2 rings (SSSR count). The molecule has 1 amide bonds. The molecule has 1 saturated heterocycles. The van der Waals surface area contributed by atoms with Crippen LogP contribution in [0.2, 0.25) is 0 Å². The van der Waals surface area contributed by atoms with Crippen molar-refractivity contribution in [3.8, 4) is 0 Å². The van der Waals surface area contributed by atoms with Crippen LogP contribution in [0.1, 0.15) is 26.3 Å². The zero-order valence-electron chi connectivity index (χ0n) is 16.0. The van der Waals surface area contributed by atoms with E-state index in [0.717, 1.165) is 37.8 Å². The average molecular weight is 379 g/mol. The molecule has 26 heavy (non-hydrogen) atoms. The zero-order valence-corrected chi connectivity index (χ0v) is 16.8. The number of alkyl carbamates (subject to hydrolysis) is 1. The minimum atomic E-state index is -0.480. The standard InChI is InChI=1S/C19H30N4O2S/c1-19(2,3)25-18(24)21-10-9-20-17(26)23-13-11-22(12-14-23)15-16-7-5-4-6-8-16/h4-8H,9-15H2,1-3H3,(H,20,26)(H,21,24). The fourth-order valence-electron chi connectivity index (χ4n) is 2.71. The minimum absolute atomic E-state index is 0.403. The molecule has 0 aliphatic carbocycles. The first-order chi connectivity index (χ1) is 12.3. The van der Waals surface area contributed by atoms with Gasteiger partial charge in [-0.1, -0.05) is 30.3 Å². The van der Waals surface area contributed by atoms with E-state index >= 15 is 0 Å². The van der Waals surface area contributed by atoms with Crippen LogP contribution in [0.25, 0.3) is 0 Å². The number of nitrogens with zero attached hydrogens (tertiary/aromatic N) is 2. The monoisotopic (exact) mass is 378 g/mol. The normalized spacial score (nSPS) is 15.4. The smallest absolute Gasteiger partial charge is 0.407 e. The highest BCUT2D eigenvalue weighted by atomic mass is 32.1. The summed E-state index contributed by atoms with van der Waals surface area (Å²) >= 11 is 5.46. The second-order valence-corrected chi connectivity index (χ2v) is 7.80. The summed E-state index contributed by atoms with van der Waals surface area (Å²) in [7, 11) is 0. The first-order valence-corrected chi connectivity index (χ1v) is 9.50. The van der Waals surface area contributed by atoms with E-state index in [9.17, 15) is 4.79 Å². The van der Waals surface area contributed by atoms with Crippen LogP contribution in [0.4, 0.5) is 4.79 Å². The molecule has 0 atom stereocenters. The van der Waals surface area contributed by atoms with Crippen LogP contribution in [0.3, 0.4) is 0 Å². The predicted octanol–water partition coefficient (Wildman–Crippen LogP) is 2.20. The topological polar surface area (TPSA) is 56.8 Å². The molecule has 144 valence electrons. The Hall–Kier alpha value is -1.86. The first-order valence-electron chi connectivity index (χ1n) is 9.09. The summed E-state index contributed by atoms with van der Waals surface area (Å²) < 4.78 is 5.20. The number of hydrogen-bond acceptors (Lipinski definition) is 4. The van der Waals surface area contributed by atoms with E-state index in [1.54, 1.807) is 0 Å². The largest absolute Gasteiger partial charge is 0.444 e. The van der Waals surface area contributed by atoms with E-state index in [-0.39, 0.29) is 0 Å². The maximum atomic E-state index is 11.6. The minimum Gasteiger partial charge on any atom is -0.444 e. The lowest BCUT2D eigenvalue weighted by Gasteiger charge is -2.36. The van der Waals surface area contributed by atoms with Crippen LogP contribution in [0.5, 0.6) is 0 Å². The lowest BCUT2D eigenvalue weighted by molar-refractivity contribution is 0.0529. The van der Waals surface area contributed by atoms with Gasteiger partial charge in [-0.15, -0.1) is 0 Å². The predicted molar refractivity (Wildman–Crippen MR) is 108 cm³/mol. The molecule has 1 heterocycles. The molecule has 0 bridgehead atoms. The van der Waals surface area contributed by atoms with Crippen molar-refractivity contribution in [2.45, 2.75) is 32.9 Å². The number of piperazine rings is 1. The Labute approximate surface area is 161 Å². The van der Waals surface area contributed by atoms with Gasteiger partial charge in [0.1, 0.15) is 5.60 Å². The van der Waals surface area contributed by atoms with Gasteiger partial charge < -0.3 is 20.3 Å². The molecule has 0 aromatic heterocycles. The quantitative estimate of drug-likeness (QED) is 0.605. The van der Waals surface area contributed by atoms with Crippen LogP contribution in [0.15, 0.2) is 30.3 Å². The Kier molecular flexibility index (Phi) is 7.66. The van der Waals surface area contributed by atoms with Crippen molar-refractivity contribution in [3.05, 3.63) is 35.9 Å². The third-order valence-corrected chi connectivity index (χ3v) is 4.38. The number of nitrogens with one attached hydrogen (secondary N) is 2. The number of carbonyl (C=O) groups is 1. The summed E-state index contributed by atoms with van der Waals surface area (Å²) in [5, 5.41) is 6.67. The summed E-state index contributed by atoms with van der Waals surface area (Å²) in [6.45, 7) is 11.4. The number of rotatable bonds is 5. The molecular formula is C19H30N4O2S. The van der Waals surface area contributed by atoms with E-state index in [2.05, 4.69) is 44.7 Å². The van der Waals surface area contributed by atoms with Crippen molar-refractivity contribution in [1.82, 2.24) is 20.4 Å². The first kappa shape index (κ1) is 20.5. The molecule has 2 N–H and O–H groups in total. The van der Waals surface area contributed by atoms with Gasteiger partial charge in [-0.25, -0.2) is 4.79 Å². The van der Waals surface area contributed by atoms with Crippen molar-refractivity contribution in [3.63, 3.8) is 0 Å².